The van der Waals surface area contributed by atoms with Crippen LogP contribution in [0.25, 0.3) is 0 Å². The molecule has 1 atom stereocenters. The number of carbonyl (C=O) groups is 1. The second kappa shape index (κ2) is 6.92. The maximum absolute atomic E-state index is 14.9. The van der Waals surface area contributed by atoms with Crippen molar-refractivity contribution in [3.05, 3.63) is 53.1 Å². The number of rotatable bonds is 3. The van der Waals surface area contributed by atoms with Crippen molar-refractivity contribution in [1.29, 1.82) is 0 Å². The van der Waals surface area contributed by atoms with E-state index in [1.165, 1.54) is 0 Å². The molecule has 154 valence electrons. The summed E-state index contributed by atoms with van der Waals surface area (Å²) in [5.74, 6) is -6.23. The smallest absolute Gasteiger partial charge is 0.446 e. The van der Waals surface area contributed by atoms with Gasteiger partial charge in [0.25, 0.3) is 0 Å². The van der Waals surface area contributed by atoms with Gasteiger partial charge in [0.1, 0.15) is 23.1 Å². The number of benzene rings is 2. The first-order valence-corrected chi connectivity index (χ1v) is 8.96. The Labute approximate surface area is 163 Å². The summed E-state index contributed by atoms with van der Waals surface area (Å²) in [6.45, 7) is -0.271. The van der Waals surface area contributed by atoms with Crippen molar-refractivity contribution in [3.63, 3.8) is 0 Å². The maximum Gasteiger partial charge on any atom is 0.446 e. The first-order valence-electron chi connectivity index (χ1n) is 8.14. The number of halogens is 6. The summed E-state index contributed by atoms with van der Waals surface area (Å²) in [5.41, 5.74) is -5.72. The third kappa shape index (κ3) is 3.47. The zero-order valence-electron chi connectivity index (χ0n) is 14.2. The summed E-state index contributed by atoms with van der Waals surface area (Å²) >= 11 is -0.564. The average molecular weight is 436 g/mol. The van der Waals surface area contributed by atoms with Gasteiger partial charge in [0.15, 0.2) is 0 Å². The first kappa shape index (κ1) is 20.0. The fraction of sp³-hybridized carbons (Fsp3) is 0.278. The van der Waals surface area contributed by atoms with E-state index in [9.17, 15) is 31.1 Å². The molecule has 0 saturated carbocycles. The summed E-state index contributed by atoms with van der Waals surface area (Å²) in [6.07, 6.45) is -2.43. The molecule has 0 bridgehead atoms. The Bertz CT molecular complexity index is 967. The lowest BCUT2D eigenvalue weighted by Gasteiger charge is -2.26. The summed E-state index contributed by atoms with van der Waals surface area (Å²) in [6, 6.07) is 4.14. The van der Waals surface area contributed by atoms with Crippen molar-refractivity contribution in [3.8, 4) is 11.5 Å². The number of thioether (sulfide) groups is 1. The topological polar surface area (TPSA) is 44.8 Å². The molecule has 4 rings (SSSR count). The zero-order chi connectivity index (χ0) is 21.0. The largest absolute Gasteiger partial charge is 0.456 e. The molecule has 2 aromatic carbocycles. The van der Waals surface area contributed by atoms with Crippen LogP contribution in [0, 0.1) is 11.6 Å². The molecule has 1 unspecified atom stereocenters. The number of carbonyl (C=O) groups excluding carboxylic acids is 1. The van der Waals surface area contributed by atoms with Crippen LogP contribution in [0.4, 0.5) is 26.3 Å². The van der Waals surface area contributed by atoms with Crippen LogP contribution in [0.3, 0.4) is 0 Å². The minimum atomic E-state index is -4.74. The normalized spacial score (nSPS) is 20.3. The van der Waals surface area contributed by atoms with E-state index < -0.39 is 62.7 Å². The van der Waals surface area contributed by atoms with Crippen LogP contribution in [0.1, 0.15) is 15.9 Å². The van der Waals surface area contributed by atoms with E-state index in [4.69, 9.17) is 14.2 Å². The van der Waals surface area contributed by atoms with E-state index in [1.807, 2.05) is 0 Å². The maximum atomic E-state index is 14.9. The number of fused-ring (bicyclic) bond motifs is 2. The molecular formula is C18H10F6O4S. The Morgan fingerprint density at radius 2 is 1.69 bits per heavy atom. The van der Waals surface area contributed by atoms with E-state index >= 15 is 0 Å². The Kier molecular flexibility index (Phi) is 4.79. The highest BCUT2D eigenvalue weighted by Crippen LogP contribution is 2.54. The van der Waals surface area contributed by atoms with Crippen molar-refractivity contribution >= 4 is 17.5 Å². The highest BCUT2D eigenvalue weighted by Gasteiger charge is 2.60. The molecule has 0 amide bonds. The number of hydrogen-bond acceptors (Lipinski definition) is 5. The molecule has 1 aliphatic carbocycles. The molecule has 29 heavy (non-hydrogen) atoms. The number of alkyl halides is 4. The molecule has 1 aliphatic heterocycles. The highest BCUT2D eigenvalue weighted by molar-refractivity contribution is 8.00. The molecule has 1 saturated heterocycles. The van der Waals surface area contributed by atoms with Gasteiger partial charge in [-0.1, -0.05) is 0 Å². The highest BCUT2D eigenvalue weighted by atomic mass is 32.2. The molecule has 11 heteroatoms. The van der Waals surface area contributed by atoms with Gasteiger partial charge in [-0.05, 0) is 23.9 Å². The summed E-state index contributed by atoms with van der Waals surface area (Å²) < 4.78 is 96.5. The second-order valence-electron chi connectivity index (χ2n) is 6.16. The predicted octanol–water partition coefficient (Wildman–Crippen LogP) is 5.10. The number of Topliss-reactive ketones (excluding diaryl/α,β-unsaturated/α-hetero) is 1. The third-order valence-electron chi connectivity index (χ3n) is 4.29. The number of hydrogen-bond donors (Lipinski definition) is 0. The minimum absolute atomic E-state index is 0.135. The Morgan fingerprint density at radius 1 is 1.07 bits per heavy atom. The van der Waals surface area contributed by atoms with Gasteiger partial charge >= 0.3 is 5.51 Å². The van der Waals surface area contributed by atoms with E-state index in [-0.39, 0.29) is 24.7 Å². The Balaban J connectivity index is 1.88. The van der Waals surface area contributed by atoms with Gasteiger partial charge < -0.3 is 14.2 Å². The molecular weight excluding hydrogens is 426 g/mol. The summed E-state index contributed by atoms with van der Waals surface area (Å²) in [4.78, 5) is 12.1. The SMILES string of the molecule is O=C1c2c(Oc3cc(F)cc(F)c3)ccc(SC(F)(F)F)c2C2(OCCO2)C1F. The minimum Gasteiger partial charge on any atom is -0.456 e. The molecule has 1 heterocycles. The molecule has 0 radical (unpaired) electrons. The van der Waals surface area contributed by atoms with Crippen molar-refractivity contribution in [2.24, 2.45) is 0 Å². The Morgan fingerprint density at radius 3 is 2.28 bits per heavy atom. The standard InChI is InChI=1S/C18H10F6O4S/c19-8-5-9(20)7-10(6-8)28-11-1-2-12(29-18(22,23)24)14-13(11)15(25)16(21)17(14)26-3-4-27-17/h1-2,5-7,16H,3-4H2. The van der Waals surface area contributed by atoms with Gasteiger partial charge in [-0.15, -0.1) is 0 Å². The van der Waals surface area contributed by atoms with Crippen molar-refractivity contribution in [2.75, 3.05) is 13.2 Å². The monoisotopic (exact) mass is 436 g/mol. The van der Waals surface area contributed by atoms with Crippen molar-refractivity contribution < 1.29 is 45.3 Å². The van der Waals surface area contributed by atoms with E-state index in [1.54, 1.807) is 0 Å². The Hall–Kier alpha value is -2.24. The van der Waals surface area contributed by atoms with Crippen LogP contribution in [-0.4, -0.2) is 30.7 Å². The molecule has 0 aromatic heterocycles. The van der Waals surface area contributed by atoms with Gasteiger partial charge in [-0.3, -0.25) is 4.79 Å². The molecule has 2 aromatic rings. The van der Waals surface area contributed by atoms with Gasteiger partial charge in [0.2, 0.25) is 17.7 Å². The average Bonchev–Trinajstić information content (AvgIpc) is 3.17. The van der Waals surface area contributed by atoms with Crippen LogP contribution in [-0.2, 0) is 15.3 Å². The molecule has 4 nitrogen and oxygen atoms in total. The molecule has 1 spiro atoms. The summed E-state index contributed by atoms with van der Waals surface area (Å²) in [5, 5.41) is 0. The van der Waals surface area contributed by atoms with Gasteiger partial charge in [0, 0.05) is 28.7 Å². The fourth-order valence-electron chi connectivity index (χ4n) is 3.31. The van der Waals surface area contributed by atoms with Crippen LogP contribution in [0.2, 0.25) is 0 Å². The van der Waals surface area contributed by atoms with Gasteiger partial charge in [-0.25, -0.2) is 13.2 Å². The van der Waals surface area contributed by atoms with E-state index in [2.05, 4.69) is 0 Å². The fourth-order valence-corrected chi connectivity index (χ4v) is 4.04. The number of ether oxygens (including phenoxy) is 3. The third-order valence-corrected chi connectivity index (χ3v) is 5.09. The van der Waals surface area contributed by atoms with Gasteiger partial charge in [-0.2, -0.15) is 13.2 Å². The second-order valence-corrected chi connectivity index (χ2v) is 7.26. The molecule has 2 aliphatic rings. The van der Waals surface area contributed by atoms with E-state index in [0.29, 0.717) is 6.07 Å². The lowest BCUT2D eigenvalue weighted by Crippen LogP contribution is -2.36. The quantitative estimate of drug-likeness (QED) is 0.495. The van der Waals surface area contributed by atoms with Crippen molar-refractivity contribution in [2.45, 2.75) is 22.4 Å². The zero-order valence-corrected chi connectivity index (χ0v) is 15.0. The van der Waals surface area contributed by atoms with Crippen LogP contribution in [0.15, 0.2) is 35.2 Å². The van der Waals surface area contributed by atoms with Crippen molar-refractivity contribution in [1.82, 2.24) is 0 Å². The molecule has 0 N–H and O–H groups in total. The van der Waals surface area contributed by atoms with Crippen LogP contribution in [0.5, 0.6) is 11.5 Å². The van der Waals surface area contributed by atoms with Crippen LogP contribution < -0.4 is 4.74 Å². The lowest BCUT2D eigenvalue weighted by atomic mass is 10.1. The van der Waals surface area contributed by atoms with Crippen LogP contribution >= 0.6 is 11.8 Å². The molecule has 1 fully saturated rings. The first-order chi connectivity index (χ1) is 13.6. The lowest BCUT2D eigenvalue weighted by molar-refractivity contribution is -0.193. The summed E-state index contributed by atoms with van der Waals surface area (Å²) in [7, 11) is 0. The van der Waals surface area contributed by atoms with Gasteiger partial charge in [0.05, 0.1) is 18.8 Å². The number of ketones is 1. The predicted molar refractivity (Wildman–Crippen MR) is 87.6 cm³/mol. The van der Waals surface area contributed by atoms with E-state index in [0.717, 1.165) is 24.3 Å².